The lowest BCUT2D eigenvalue weighted by Gasteiger charge is -2.44. The number of allylic oxidation sites excluding steroid dienone is 2. The Labute approximate surface area is 312 Å². The molecule has 0 radical (unpaired) electrons. The van der Waals surface area contributed by atoms with E-state index in [2.05, 4.69) is 123 Å². The molecule has 3 N–H and O–H groups in total. The van der Waals surface area contributed by atoms with Gasteiger partial charge in [-0.2, -0.15) is 0 Å². The highest BCUT2D eigenvalue weighted by molar-refractivity contribution is 6.99. The molecule has 0 aromatic heterocycles. The normalized spacial score (nSPS) is 24.4. The fourth-order valence-corrected chi connectivity index (χ4v) is 12.8. The molecular weight excluding hydrogens is 663 g/mol. The zero-order valence-corrected chi connectivity index (χ0v) is 32.8. The van der Waals surface area contributed by atoms with Crippen molar-refractivity contribution >= 4 is 36.4 Å². The van der Waals surface area contributed by atoms with E-state index in [0.717, 1.165) is 28.8 Å². The van der Waals surface area contributed by atoms with E-state index in [0.29, 0.717) is 45.1 Å². The van der Waals surface area contributed by atoms with Gasteiger partial charge in [-0.25, -0.2) is 0 Å². The van der Waals surface area contributed by atoms with Crippen LogP contribution in [0.4, 0.5) is 0 Å². The highest BCUT2D eigenvalue weighted by Crippen LogP contribution is 2.39. The Morgan fingerprint density at radius 3 is 2.00 bits per heavy atom. The third kappa shape index (κ3) is 9.50. The van der Waals surface area contributed by atoms with Crippen molar-refractivity contribution in [2.24, 2.45) is 17.3 Å². The Hall–Kier alpha value is -4.01. The number of carbonyl (C=O) groups is 3. The van der Waals surface area contributed by atoms with Crippen molar-refractivity contribution in [3.05, 3.63) is 109 Å². The minimum absolute atomic E-state index is 0.0288. The number of benzene rings is 3. The van der Waals surface area contributed by atoms with Crippen molar-refractivity contribution in [2.45, 2.75) is 103 Å². The molecule has 2 aliphatic rings. The molecule has 2 heterocycles. The van der Waals surface area contributed by atoms with Gasteiger partial charge in [0.15, 0.2) is 0 Å². The van der Waals surface area contributed by atoms with Gasteiger partial charge >= 0.3 is 0 Å². The molecule has 278 valence electrons. The zero-order valence-electron chi connectivity index (χ0n) is 31.8. The third-order valence-corrected chi connectivity index (χ3v) is 15.9. The SMILES string of the molecule is CC(C)C[C@@H]1NC(=O)C(Cc2ccccc2)CCC/C=C\CC2(CCNC2=O)C[C@@H](CO[Si](c2ccccc2)(c2ccccc2)C(C)(C)C)NC1=O. The number of hydrogen-bond acceptors (Lipinski definition) is 4. The first kappa shape index (κ1) is 39.2. The van der Waals surface area contributed by atoms with E-state index in [1.165, 1.54) is 0 Å². The fourth-order valence-electron chi connectivity index (χ4n) is 8.23. The van der Waals surface area contributed by atoms with Crippen LogP contribution in [-0.4, -0.2) is 51.3 Å². The lowest BCUT2D eigenvalue weighted by atomic mass is 9.77. The van der Waals surface area contributed by atoms with Crippen molar-refractivity contribution < 1.29 is 18.8 Å². The average molecular weight is 722 g/mol. The van der Waals surface area contributed by atoms with E-state index in [1.807, 2.05) is 30.3 Å². The van der Waals surface area contributed by atoms with E-state index in [9.17, 15) is 14.4 Å². The summed E-state index contributed by atoms with van der Waals surface area (Å²) >= 11 is 0. The molecule has 52 heavy (non-hydrogen) atoms. The molecule has 3 amide bonds. The predicted octanol–water partition coefficient (Wildman–Crippen LogP) is 6.46. The van der Waals surface area contributed by atoms with Gasteiger partial charge in [-0.15, -0.1) is 0 Å². The molecule has 0 saturated carbocycles. The quantitative estimate of drug-likeness (QED) is 0.175. The minimum atomic E-state index is -2.95. The van der Waals surface area contributed by atoms with Crippen molar-refractivity contribution in [2.75, 3.05) is 13.2 Å². The van der Waals surface area contributed by atoms with Crippen LogP contribution in [0.5, 0.6) is 0 Å². The van der Waals surface area contributed by atoms with Crippen molar-refractivity contribution in [3.8, 4) is 0 Å². The first-order valence-electron chi connectivity index (χ1n) is 19.3. The Bertz CT molecular complexity index is 1600. The van der Waals surface area contributed by atoms with Gasteiger partial charge in [0.25, 0.3) is 8.32 Å². The second-order valence-corrected chi connectivity index (χ2v) is 20.7. The van der Waals surface area contributed by atoms with Gasteiger partial charge < -0.3 is 20.4 Å². The van der Waals surface area contributed by atoms with Crippen LogP contribution in [0.1, 0.15) is 85.1 Å². The summed E-state index contributed by atoms with van der Waals surface area (Å²) in [7, 11) is -2.95. The van der Waals surface area contributed by atoms with Crippen LogP contribution in [-0.2, 0) is 25.2 Å². The molecular formula is C44H59N3O4Si. The molecule has 0 aliphatic carbocycles. The average Bonchev–Trinajstić information content (AvgIpc) is 3.48. The van der Waals surface area contributed by atoms with Gasteiger partial charge in [0, 0.05) is 12.5 Å². The van der Waals surface area contributed by atoms with Crippen LogP contribution < -0.4 is 26.3 Å². The van der Waals surface area contributed by atoms with Gasteiger partial charge in [0.05, 0.1) is 18.1 Å². The number of amides is 3. The summed E-state index contributed by atoms with van der Waals surface area (Å²) in [5.41, 5.74) is 0.437. The van der Waals surface area contributed by atoms with Crippen LogP contribution >= 0.6 is 0 Å². The predicted molar refractivity (Wildman–Crippen MR) is 213 cm³/mol. The van der Waals surface area contributed by atoms with Crippen LogP contribution in [0.2, 0.25) is 5.04 Å². The van der Waals surface area contributed by atoms with E-state index >= 15 is 0 Å². The Balaban J connectivity index is 1.52. The van der Waals surface area contributed by atoms with Gasteiger partial charge in [-0.3, -0.25) is 14.4 Å². The maximum atomic E-state index is 14.5. The zero-order chi connectivity index (χ0) is 37.2. The number of rotatable bonds is 9. The molecule has 4 atom stereocenters. The summed E-state index contributed by atoms with van der Waals surface area (Å²) in [4.78, 5) is 42.2. The largest absolute Gasteiger partial charge is 0.405 e. The highest BCUT2D eigenvalue weighted by Gasteiger charge is 2.51. The summed E-state index contributed by atoms with van der Waals surface area (Å²) in [6, 6.07) is 29.9. The summed E-state index contributed by atoms with van der Waals surface area (Å²) in [6.45, 7) is 11.7. The van der Waals surface area contributed by atoms with E-state index in [-0.39, 0.29) is 41.2 Å². The molecule has 8 heteroatoms. The monoisotopic (exact) mass is 721 g/mol. The van der Waals surface area contributed by atoms with Gasteiger partial charge in [0.2, 0.25) is 17.7 Å². The van der Waals surface area contributed by atoms with Crippen LogP contribution in [0.25, 0.3) is 0 Å². The maximum absolute atomic E-state index is 14.5. The van der Waals surface area contributed by atoms with E-state index in [4.69, 9.17) is 4.43 Å². The third-order valence-electron chi connectivity index (χ3n) is 10.9. The molecule has 1 spiro atoms. The van der Waals surface area contributed by atoms with Crippen molar-refractivity contribution in [1.82, 2.24) is 16.0 Å². The summed E-state index contributed by atoms with van der Waals surface area (Å²) < 4.78 is 7.39. The molecule has 1 saturated heterocycles. The molecule has 7 nitrogen and oxygen atoms in total. The first-order chi connectivity index (χ1) is 24.9. The standard InChI is InChI=1S/C44H59N3O4Si/c1-33(2)29-39-41(49)46-36(32-51-52(43(3,4)5,37-22-14-9-15-23-37)38-24-16-10-17-25-38)31-44(27-28-45-42(44)50)26-18-7-6-13-21-35(40(48)47-39)30-34-19-11-8-12-20-34/h7-12,14-20,22-25,33,35-36,39H,6,13,21,26-32H2,1-5H3,(H,45,50)(H,46,49)(H,47,48)/b18-7-/t35?,36-,39-,44?/m0/s1. The van der Waals surface area contributed by atoms with Gasteiger partial charge in [0.1, 0.15) is 6.04 Å². The lowest BCUT2D eigenvalue weighted by Crippen LogP contribution is -2.67. The van der Waals surface area contributed by atoms with Gasteiger partial charge in [-0.05, 0) is 78.3 Å². The molecule has 3 aromatic carbocycles. The van der Waals surface area contributed by atoms with Crippen molar-refractivity contribution in [1.29, 1.82) is 0 Å². The summed E-state index contributed by atoms with van der Waals surface area (Å²) in [5, 5.41) is 11.7. The molecule has 2 unspecified atom stereocenters. The van der Waals surface area contributed by atoms with Gasteiger partial charge in [-0.1, -0.05) is 138 Å². The Kier molecular flexibility index (Phi) is 13.3. The highest BCUT2D eigenvalue weighted by atomic mass is 28.4. The second kappa shape index (κ2) is 17.7. The van der Waals surface area contributed by atoms with E-state index < -0.39 is 25.8 Å². The molecule has 1 fully saturated rings. The Morgan fingerprint density at radius 1 is 0.827 bits per heavy atom. The summed E-state index contributed by atoms with van der Waals surface area (Å²) in [6.07, 6.45) is 9.51. The first-order valence-corrected chi connectivity index (χ1v) is 21.2. The van der Waals surface area contributed by atoms with Crippen molar-refractivity contribution in [3.63, 3.8) is 0 Å². The van der Waals surface area contributed by atoms with Crippen LogP contribution in [0.3, 0.4) is 0 Å². The summed E-state index contributed by atoms with van der Waals surface area (Å²) in [5.74, 6) is -0.370. The smallest absolute Gasteiger partial charge is 0.261 e. The lowest BCUT2D eigenvalue weighted by molar-refractivity contribution is -0.132. The maximum Gasteiger partial charge on any atom is 0.261 e. The number of carbonyl (C=O) groups excluding carboxylic acids is 3. The Morgan fingerprint density at radius 2 is 1.44 bits per heavy atom. The number of nitrogens with one attached hydrogen (secondary N) is 3. The van der Waals surface area contributed by atoms with E-state index in [1.54, 1.807) is 0 Å². The van der Waals surface area contributed by atoms with Crippen LogP contribution in [0, 0.1) is 17.3 Å². The topological polar surface area (TPSA) is 96.5 Å². The molecule has 5 rings (SSSR count). The minimum Gasteiger partial charge on any atom is -0.405 e. The molecule has 2 aliphatic heterocycles. The molecule has 0 bridgehead atoms. The molecule has 3 aromatic rings. The number of hydrogen-bond donors (Lipinski definition) is 3. The fraction of sp³-hybridized carbons (Fsp3) is 0.477. The second-order valence-electron chi connectivity index (χ2n) is 16.4. The van der Waals surface area contributed by atoms with Crippen LogP contribution in [0.15, 0.2) is 103 Å².